The van der Waals surface area contributed by atoms with E-state index in [1.165, 1.54) is 19.3 Å². The quantitative estimate of drug-likeness (QED) is 0.803. The van der Waals surface area contributed by atoms with Gasteiger partial charge in [0.2, 0.25) is 0 Å². The number of rotatable bonds is 2. The minimum absolute atomic E-state index is 0.175. The van der Waals surface area contributed by atoms with E-state index in [2.05, 4.69) is 6.07 Å². The van der Waals surface area contributed by atoms with Gasteiger partial charge in [-0.2, -0.15) is 5.26 Å². The second kappa shape index (κ2) is 5.84. The highest BCUT2D eigenvalue weighted by Gasteiger charge is 2.43. The van der Waals surface area contributed by atoms with Crippen LogP contribution in [0.3, 0.4) is 0 Å². The summed E-state index contributed by atoms with van der Waals surface area (Å²) in [5.41, 5.74) is -0.501. The van der Waals surface area contributed by atoms with Gasteiger partial charge in [0, 0.05) is 12.5 Å². The summed E-state index contributed by atoms with van der Waals surface area (Å²) in [7, 11) is 0. The molecule has 0 aromatic rings. The molecular formula is C14H23NO2. The second-order valence-electron chi connectivity index (χ2n) is 5.60. The maximum Gasteiger partial charge on any atom is 0.0835 e. The monoisotopic (exact) mass is 237 g/mol. The predicted octanol–water partition coefficient (Wildman–Crippen LogP) is 2.64. The highest BCUT2D eigenvalue weighted by Crippen LogP contribution is 2.41. The van der Waals surface area contributed by atoms with E-state index in [0.717, 1.165) is 38.7 Å². The van der Waals surface area contributed by atoms with Crippen molar-refractivity contribution >= 4 is 0 Å². The van der Waals surface area contributed by atoms with Crippen LogP contribution in [0.4, 0.5) is 0 Å². The molecule has 1 saturated carbocycles. The third-order valence-electron chi connectivity index (χ3n) is 4.45. The fraction of sp³-hybridized carbons (Fsp3) is 0.929. The lowest BCUT2D eigenvalue weighted by atomic mass is 9.69. The van der Waals surface area contributed by atoms with E-state index < -0.39 is 11.5 Å². The molecule has 0 spiro atoms. The van der Waals surface area contributed by atoms with Crippen molar-refractivity contribution in [2.24, 2.45) is 11.3 Å². The molecule has 1 aliphatic heterocycles. The Morgan fingerprint density at radius 1 is 1.18 bits per heavy atom. The van der Waals surface area contributed by atoms with Crippen LogP contribution < -0.4 is 0 Å². The number of ether oxygens (including phenoxy) is 1. The number of hydrogen-bond donors (Lipinski definition) is 1. The van der Waals surface area contributed by atoms with E-state index in [1.807, 2.05) is 0 Å². The van der Waals surface area contributed by atoms with Crippen molar-refractivity contribution < 1.29 is 9.84 Å². The van der Waals surface area contributed by atoms with Crippen LogP contribution in [0.25, 0.3) is 0 Å². The minimum Gasteiger partial charge on any atom is -0.391 e. The molecule has 0 radical (unpaired) electrons. The van der Waals surface area contributed by atoms with E-state index in [-0.39, 0.29) is 5.92 Å². The first-order valence-electron chi connectivity index (χ1n) is 6.95. The highest BCUT2D eigenvalue weighted by molar-refractivity contribution is 5.06. The van der Waals surface area contributed by atoms with Crippen molar-refractivity contribution in [1.82, 2.24) is 0 Å². The molecule has 1 N–H and O–H groups in total. The minimum atomic E-state index is -0.501. The Labute approximate surface area is 104 Å². The van der Waals surface area contributed by atoms with E-state index in [1.54, 1.807) is 0 Å². The fourth-order valence-corrected chi connectivity index (χ4v) is 3.26. The summed E-state index contributed by atoms with van der Waals surface area (Å²) in [5.74, 6) is 0.175. The van der Waals surface area contributed by atoms with Crippen LogP contribution in [0, 0.1) is 22.7 Å². The number of hydrogen-bond acceptors (Lipinski definition) is 3. The summed E-state index contributed by atoms with van der Waals surface area (Å²) in [5, 5.41) is 20.1. The third-order valence-corrected chi connectivity index (χ3v) is 4.45. The largest absolute Gasteiger partial charge is 0.391 e. The van der Waals surface area contributed by atoms with Crippen LogP contribution in [0.2, 0.25) is 0 Å². The lowest BCUT2D eigenvalue weighted by Gasteiger charge is -2.36. The number of aliphatic hydroxyl groups is 1. The predicted molar refractivity (Wildman–Crippen MR) is 65.3 cm³/mol. The normalized spacial score (nSPS) is 31.2. The van der Waals surface area contributed by atoms with Gasteiger partial charge >= 0.3 is 0 Å². The summed E-state index contributed by atoms with van der Waals surface area (Å²) in [4.78, 5) is 0. The average molecular weight is 237 g/mol. The molecule has 0 bridgehead atoms. The van der Waals surface area contributed by atoms with Gasteiger partial charge in [-0.3, -0.25) is 0 Å². The topological polar surface area (TPSA) is 53.2 Å². The van der Waals surface area contributed by atoms with Crippen LogP contribution >= 0.6 is 0 Å². The van der Waals surface area contributed by atoms with E-state index in [9.17, 15) is 10.4 Å². The Morgan fingerprint density at radius 2 is 1.82 bits per heavy atom. The van der Waals surface area contributed by atoms with Crippen LogP contribution in [-0.4, -0.2) is 24.4 Å². The summed E-state index contributed by atoms with van der Waals surface area (Å²) in [6.45, 7) is 1.37. The maximum absolute atomic E-state index is 10.5. The average Bonchev–Trinajstić information content (AvgIpc) is 2.82. The van der Waals surface area contributed by atoms with Gasteiger partial charge in [-0.05, 0) is 19.3 Å². The summed E-state index contributed by atoms with van der Waals surface area (Å²) >= 11 is 0. The van der Waals surface area contributed by atoms with Crippen molar-refractivity contribution in [3.63, 3.8) is 0 Å². The van der Waals surface area contributed by atoms with Crippen molar-refractivity contribution in [3.8, 4) is 6.07 Å². The molecule has 2 aliphatic rings. The van der Waals surface area contributed by atoms with Gasteiger partial charge in [0.25, 0.3) is 0 Å². The zero-order valence-electron chi connectivity index (χ0n) is 10.5. The molecule has 0 aromatic carbocycles. The zero-order chi connectivity index (χ0) is 12.1. The first-order chi connectivity index (χ1) is 8.28. The lowest BCUT2D eigenvalue weighted by molar-refractivity contribution is -0.00484. The Morgan fingerprint density at radius 3 is 2.35 bits per heavy atom. The van der Waals surface area contributed by atoms with E-state index >= 15 is 0 Å². The van der Waals surface area contributed by atoms with Crippen LogP contribution in [0.5, 0.6) is 0 Å². The molecule has 3 heteroatoms. The number of nitriles is 1. The molecule has 1 saturated heterocycles. The van der Waals surface area contributed by atoms with Crippen LogP contribution in [-0.2, 0) is 4.74 Å². The van der Waals surface area contributed by atoms with Crippen molar-refractivity contribution in [1.29, 1.82) is 5.26 Å². The van der Waals surface area contributed by atoms with Crippen molar-refractivity contribution in [2.75, 3.05) is 13.2 Å². The third kappa shape index (κ3) is 2.81. The zero-order valence-corrected chi connectivity index (χ0v) is 10.5. The van der Waals surface area contributed by atoms with Gasteiger partial charge in [-0.15, -0.1) is 0 Å². The summed E-state index contributed by atoms with van der Waals surface area (Å²) in [6.07, 6.45) is 8.00. The molecule has 1 aliphatic carbocycles. The standard InChI is InChI=1S/C14H23NO2/c15-11-14(7-4-2-1-3-5-8-14)13(16)12-6-9-17-10-12/h12-13,16H,1-10H2. The highest BCUT2D eigenvalue weighted by atomic mass is 16.5. The first-order valence-corrected chi connectivity index (χ1v) is 6.95. The van der Waals surface area contributed by atoms with Crippen molar-refractivity contribution in [2.45, 2.75) is 57.5 Å². The lowest BCUT2D eigenvalue weighted by Crippen LogP contribution is -2.40. The Bertz CT molecular complexity index is 270. The molecule has 96 valence electrons. The number of nitrogens with zero attached hydrogens (tertiary/aromatic N) is 1. The molecular weight excluding hydrogens is 214 g/mol. The van der Waals surface area contributed by atoms with Gasteiger partial charge < -0.3 is 9.84 Å². The number of aliphatic hydroxyl groups excluding tert-OH is 1. The molecule has 3 nitrogen and oxygen atoms in total. The van der Waals surface area contributed by atoms with Crippen LogP contribution in [0.1, 0.15) is 51.4 Å². The van der Waals surface area contributed by atoms with Gasteiger partial charge in [0.15, 0.2) is 0 Å². The summed E-state index contributed by atoms with van der Waals surface area (Å²) in [6, 6.07) is 2.46. The molecule has 2 rings (SSSR count). The molecule has 2 fully saturated rings. The molecule has 0 aromatic heterocycles. The van der Waals surface area contributed by atoms with Gasteiger partial charge in [-0.1, -0.05) is 32.1 Å². The Balaban J connectivity index is 2.07. The fourth-order valence-electron chi connectivity index (χ4n) is 3.26. The second-order valence-corrected chi connectivity index (χ2v) is 5.60. The smallest absolute Gasteiger partial charge is 0.0835 e. The molecule has 2 unspecified atom stereocenters. The summed E-state index contributed by atoms with van der Waals surface area (Å²) < 4.78 is 5.35. The van der Waals surface area contributed by atoms with Crippen LogP contribution in [0.15, 0.2) is 0 Å². The SMILES string of the molecule is N#CC1(C(O)C2CCOC2)CCCCCCC1. The van der Waals surface area contributed by atoms with Crippen molar-refractivity contribution in [3.05, 3.63) is 0 Å². The van der Waals surface area contributed by atoms with Gasteiger partial charge in [0.1, 0.15) is 0 Å². The van der Waals surface area contributed by atoms with Gasteiger partial charge in [0.05, 0.1) is 24.2 Å². The Hall–Kier alpha value is -0.590. The van der Waals surface area contributed by atoms with Gasteiger partial charge in [-0.25, -0.2) is 0 Å². The molecule has 0 amide bonds. The molecule has 2 atom stereocenters. The maximum atomic E-state index is 10.5. The molecule has 17 heavy (non-hydrogen) atoms. The first kappa shape index (κ1) is 12.9. The van der Waals surface area contributed by atoms with E-state index in [0.29, 0.717) is 6.61 Å². The molecule has 1 heterocycles. The van der Waals surface area contributed by atoms with E-state index in [4.69, 9.17) is 4.74 Å². The Kier molecular flexibility index (Phi) is 4.42.